The lowest BCUT2D eigenvalue weighted by atomic mass is 10.1. The standard InChI is InChI=1S/C7H14O3/c1-4-2-5(3-8)7(10)6(4)9/h4-10H,2-3H2,1H3/t4?,5-,6+,7-/m1/s1. The van der Waals surface area contributed by atoms with E-state index in [2.05, 4.69) is 0 Å². The number of hydrogen-bond acceptors (Lipinski definition) is 3. The fourth-order valence-corrected chi connectivity index (χ4v) is 1.55. The summed E-state index contributed by atoms with van der Waals surface area (Å²) >= 11 is 0. The van der Waals surface area contributed by atoms with Crippen molar-refractivity contribution in [2.45, 2.75) is 25.6 Å². The number of aliphatic hydroxyl groups is 3. The van der Waals surface area contributed by atoms with Crippen molar-refractivity contribution in [1.29, 1.82) is 0 Å². The fourth-order valence-electron chi connectivity index (χ4n) is 1.55. The first-order valence-corrected chi connectivity index (χ1v) is 3.63. The zero-order chi connectivity index (χ0) is 7.72. The van der Waals surface area contributed by atoms with Crippen LogP contribution < -0.4 is 0 Å². The van der Waals surface area contributed by atoms with Gasteiger partial charge in [-0.1, -0.05) is 6.92 Å². The second-order valence-electron chi connectivity index (χ2n) is 3.14. The van der Waals surface area contributed by atoms with Gasteiger partial charge in [0.1, 0.15) is 0 Å². The molecule has 10 heavy (non-hydrogen) atoms. The largest absolute Gasteiger partial charge is 0.396 e. The summed E-state index contributed by atoms with van der Waals surface area (Å²) in [6, 6.07) is 0. The first kappa shape index (κ1) is 7.98. The molecule has 0 aromatic rings. The summed E-state index contributed by atoms with van der Waals surface area (Å²) in [4.78, 5) is 0. The third-order valence-corrected chi connectivity index (χ3v) is 2.32. The van der Waals surface area contributed by atoms with E-state index in [-0.39, 0.29) is 18.4 Å². The van der Waals surface area contributed by atoms with E-state index in [1.807, 2.05) is 6.92 Å². The number of aliphatic hydroxyl groups excluding tert-OH is 3. The van der Waals surface area contributed by atoms with Crippen molar-refractivity contribution in [2.24, 2.45) is 11.8 Å². The van der Waals surface area contributed by atoms with Crippen LogP contribution in [0.5, 0.6) is 0 Å². The number of rotatable bonds is 1. The molecule has 0 aromatic carbocycles. The van der Waals surface area contributed by atoms with E-state index in [9.17, 15) is 10.2 Å². The summed E-state index contributed by atoms with van der Waals surface area (Å²) < 4.78 is 0. The molecule has 0 radical (unpaired) electrons. The van der Waals surface area contributed by atoms with Gasteiger partial charge in [0.25, 0.3) is 0 Å². The quantitative estimate of drug-likeness (QED) is 0.461. The van der Waals surface area contributed by atoms with Gasteiger partial charge >= 0.3 is 0 Å². The van der Waals surface area contributed by atoms with Gasteiger partial charge in [0.2, 0.25) is 0 Å². The summed E-state index contributed by atoms with van der Waals surface area (Å²) in [5.74, 6) is -0.00264. The minimum absolute atomic E-state index is 0.0252. The third-order valence-electron chi connectivity index (χ3n) is 2.32. The Labute approximate surface area is 60.3 Å². The van der Waals surface area contributed by atoms with Crippen LogP contribution in [0.2, 0.25) is 0 Å². The molecule has 0 saturated heterocycles. The van der Waals surface area contributed by atoms with Crippen molar-refractivity contribution in [3.05, 3.63) is 0 Å². The Hall–Kier alpha value is -0.120. The van der Waals surface area contributed by atoms with Crippen molar-refractivity contribution < 1.29 is 15.3 Å². The fraction of sp³-hybridized carbons (Fsp3) is 1.00. The summed E-state index contributed by atoms with van der Waals surface area (Å²) in [6.45, 7) is 1.85. The topological polar surface area (TPSA) is 60.7 Å². The molecule has 1 saturated carbocycles. The Kier molecular flexibility index (Phi) is 2.28. The van der Waals surface area contributed by atoms with Crippen molar-refractivity contribution >= 4 is 0 Å². The van der Waals surface area contributed by atoms with Gasteiger partial charge in [-0.15, -0.1) is 0 Å². The summed E-state index contributed by atoms with van der Waals surface area (Å²) in [5, 5.41) is 27.1. The van der Waals surface area contributed by atoms with Crippen LogP contribution in [0.3, 0.4) is 0 Å². The second-order valence-corrected chi connectivity index (χ2v) is 3.14. The van der Waals surface area contributed by atoms with Gasteiger partial charge in [-0.25, -0.2) is 0 Å². The van der Waals surface area contributed by atoms with E-state index in [0.717, 1.165) is 6.42 Å². The van der Waals surface area contributed by atoms with Crippen LogP contribution in [0.15, 0.2) is 0 Å². The highest BCUT2D eigenvalue weighted by atomic mass is 16.3. The lowest BCUT2D eigenvalue weighted by molar-refractivity contribution is -0.00366. The van der Waals surface area contributed by atoms with Crippen LogP contribution >= 0.6 is 0 Å². The molecule has 3 nitrogen and oxygen atoms in total. The summed E-state index contributed by atoms with van der Waals surface area (Å²) in [5.41, 5.74) is 0. The highest BCUT2D eigenvalue weighted by Crippen LogP contribution is 2.30. The summed E-state index contributed by atoms with van der Waals surface area (Å²) in [7, 11) is 0. The molecule has 1 unspecified atom stereocenters. The van der Waals surface area contributed by atoms with Crippen LogP contribution in [0.1, 0.15) is 13.3 Å². The van der Waals surface area contributed by atoms with Gasteiger partial charge in [-0.3, -0.25) is 0 Å². The van der Waals surface area contributed by atoms with E-state index >= 15 is 0 Å². The van der Waals surface area contributed by atoms with Gasteiger partial charge < -0.3 is 15.3 Å². The molecule has 1 fully saturated rings. The van der Waals surface area contributed by atoms with Crippen molar-refractivity contribution in [3.8, 4) is 0 Å². The average Bonchev–Trinajstić information content (AvgIpc) is 2.17. The van der Waals surface area contributed by atoms with Gasteiger partial charge in [0.05, 0.1) is 12.2 Å². The Bertz CT molecular complexity index is 115. The number of hydrogen-bond donors (Lipinski definition) is 3. The minimum Gasteiger partial charge on any atom is -0.396 e. The Morgan fingerprint density at radius 2 is 1.90 bits per heavy atom. The van der Waals surface area contributed by atoms with Gasteiger partial charge in [0.15, 0.2) is 0 Å². The van der Waals surface area contributed by atoms with E-state index in [1.54, 1.807) is 0 Å². The van der Waals surface area contributed by atoms with Crippen molar-refractivity contribution in [2.75, 3.05) is 6.61 Å². The average molecular weight is 146 g/mol. The smallest absolute Gasteiger partial charge is 0.0851 e. The zero-order valence-corrected chi connectivity index (χ0v) is 6.07. The predicted octanol–water partition coefficient (Wildman–Crippen LogP) is -0.643. The molecular weight excluding hydrogens is 132 g/mol. The predicted molar refractivity (Wildman–Crippen MR) is 36.4 cm³/mol. The maximum Gasteiger partial charge on any atom is 0.0851 e. The van der Waals surface area contributed by atoms with E-state index in [0.29, 0.717) is 0 Å². The monoisotopic (exact) mass is 146 g/mol. The van der Waals surface area contributed by atoms with E-state index in [1.165, 1.54) is 0 Å². The normalized spacial score (nSPS) is 48.0. The first-order chi connectivity index (χ1) is 4.66. The first-order valence-electron chi connectivity index (χ1n) is 3.63. The maximum absolute atomic E-state index is 9.22. The highest BCUT2D eigenvalue weighted by molar-refractivity contribution is 4.88. The molecule has 0 aliphatic heterocycles. The molecule has 0 aromatic heterocycles. The van der Waals surface area contributed by atoms with E-state index in [4.69, 9.17) is 5.11 Å². The molecule has 60 valence electrons. The molecule has 3 heteroatoms. The lowest BCUT2D eigenvalue weighted by Gasteiger charge is -2.13. The van der Waals surface area contributed by atoms with Crippen molar-refractivity contribution in [3.63, 3.8) is 0 Å². The molecule has 0 heterocycles. The van der Waals surface area contributed by atoms with E-state index < -0.39 is 12.2 Å². The Morgan fingerprint density at radius 3 is 2.10 bits per heavy atom. The van der Waals surface area contributed by atoms with Crippen LogP contribution in [-0.2, 0) is 0 Å². The van der Waals surface area contributed by atoms with Gasteiger partial charge in [-0.05, 0) is 12.3 Å². The van der Waals surface area contributed by atoms with Gasteiger partial charge in [0, 0.05) is 12.5 Å². The zero-order valence-electron chi connectivity index (χ0n) is 6.07. The lowest BCUT2D eigenvalue weighted by Crippen LogP contribution is -2.28. The third kappa shape index (κ3) is 1.17. The molecule has 1 rings (SSSR count). The maximum atomic E-state index is 9.22. The molecule has 1 aliphatic rings. The highest BCUT2D eigenvalue weighted by Gasteiger charge is 2.38. The molecule has 0 amide bonds. The van der Waals surface area contributed by atoms with Crippen LogP contribution in [0, 0.1) is 11.8 Å². The Morgan fingerprint density at radius 1 is 1.30 bits per heavy atom. The van der Waals surface area contributed by atoms with Crippen LogP contribution in [0.25, 0.3) is 0 Å². The van der Waals surface area contributed by atoms with Crippen LogP contribution in [-0.4, -0.2) is 34.1 Å². The molecule has 4 atom stereocenters. The molecule has 3 N–H and O–H groups in total. The van der Waals surface area contributed by atoms with Crippen LogP contribution in [0.4, 0.5) is 0 Å². The minimum atomic E-state index is -0.722. The van der Waals surface area contributed by atoms with Gasteiger partial charge in [-0.2, -0.15) is 0 Å². The molecular formula is C7H14O3. The molecule has 0 bridgehead atoms. The van der Waals surface area contributed by atoms with Crippen molar-refractivity contribution in [1.82, 2.24) is 0 Å². The molecule has 0 spiro atoms. The Balaban J connectivity index is 2.53. The second kappa shape index (κ2) is 2.86. The SMILES string of the molecule is CC1C[C@H](CO)[C@@H](O)[C@H]1O. The summed E-state index contributed by atoms with van der Waals surface area (Å²) in [6.07, 6.45) is -0.643. The molecule has 1 aliphatic carbocycles.